The molecule has 2 unspecified atom stereocenters. The van der Waals surface area contributed by atoms with Gasteiger partial charge in [-0.3, -0.25) is 4.90 Å². The Hall–Kier alpha value is -0.120. The van der Waals surface area contributed by atoms with Crippen LogP contribution in [0.4, 0.5) is 0 Å². The second-order valence-corrected chi connectivity index (χ2v) is 7.21. The molecule has 0 bridgehead atoms. The molecular weight excluding hydrogens is 246 g/mol. The molecule has 2 heterocycles. The van der Waals surface area contributed by atoms with Crippen molar-refractivity contribution in [1.29, 1.82) is 0 Å². The Kier molecular flexibility index (Phi) is 6.79. The van der Waals surface area contributed by atoms with Crippen LogP contribution < -0.4 is 5.73 Å². The number of nitrogens with zero attached hydrogens (tertiary/aromatic N) is 2. The molecule has 0 aliphatic carbocycles. The maximum Gasteiger partial charge on any atom is 0.0223 e. The summed E-state index contributed by atoms with van der Waals surface area (Å²) in [5, 5.41) is 0. The van der Waals surface area contributed by atoms with Gasteiger partial charge in [-0.1, -0.05) is 13.8 Å². The van der Waals surface area contributed by atoms with Crippen molar-refractivity contribution in [3.05, 3.63) is 0 Å². The average Bonchev–Trinajstić information content (AvgIpc) is 2.76. The zero-order valence-corrected chi connectivity index (χ0v) is 13.7. The highest BCUT2D eigenvalue weighted by atomic mass is 15.3. The fourth-order valence-corrected chi connectivity index (χ4v) is 4.09. The molecule has 2 rings (SSSR count). The Balaban J connectivity index is 1.70. The number of rotatable bonds is 7. The molecule has 0 amide bonds. The van der Waals surface area contributed by atoms with Crippen LogP contribution in [0.25, 0.3) is 0 Å². The monoisotopic (exact) mass is 281 g/mol. The van der Waals surface area contributed by atoms with E-state index in [2.05, 4.69) is 23.6 Å². The van der Waals surface area contributed by atoms with Crippen molar-refractivity contribution in [3.8, 4) is 0 Å². The molecule has 118 valence electrons. The van der Waals surface area contributed by atoms with Crippen molar-refractivity contribution in [2.75, 3.05) is 39.3 Å². The summed E-state index contributed by atoms with van der Waals surface area (Å²) in [6.45, 7) is 12.2. The number of hydrogen-bond acceptors (Lipinski definition) is 3. The van der Waals surface area contributed by atoms with Crippen molar-refractivity contribution in [2.45, 2.75) is 58.4 Å². The third-order valence-corrected chi connectivity index (χ3v) is 5.42. The maximum absolute atomic E-state index is 5.74. The number of hydrogen-bond donors (Lipinski definition) is 1. The van der Waals surface area contributed by atoms with E-state index in [0.717, 1.165) is 24.4 Å². The van der Waals surface area contributed by atoms with Crippen LogP contribution in [0.15, 0.2) is 0 Å². The van der Waals surface area contributed by atoms with Crippen molar-refractivity contribution in [3.63, 3.8) is 0 Å². The zero-order chi connectivity index (χ0) is 14.4. The molecule has 2 atom stereocenters. The highest BCUT2D eigenvalue weighted by Crippen LogP contribution is 2.23. The Morgan fingerprint density at radius 3 is 2.65 bits per heavy atom. The van der Waals surface area contributed by atoms with Crippen LogP contribution in [0, 0.1) is 11.8 Å². The maximum atomic E-state index is 5.74. The van der Waals surface area contributed by atoms with E-state index in [-0.39, 0.29) is 0 Å². The molecule has 0 spiro atoms. The minimum Gasteiger partial charge on any atom is -0.330 e. The van der Waals surface area contributed by atoms with Gasteiger partial charge in [-0.15, -0.1) is 0 Å². The summed E-state index contributed by atoms with van der Waals surface area (Å²) in [5.41, 5.74) is 5.74. The fraction of sp³-hybridized carbons (Fsp3) is 1.00. The van der Waals surface area contributed by atoms with Crippen LogP contribution in [0.3, 0.4) is 0 Å². The second-order valence-electron chi connectivity index (χ2n) is 7.21. The van der Waals surface area contributed by atoms with Crippen LogP contribution >= 0.6 is 0 Å². The van der Waals surface area contributed by atoms with E-state index in [4.69, 9.17) is 5.73 Å². The third-order valence-electron chi connectivity index (χ3n) is 5.42. The van der Waals surface area contributed by atoms with Gasteiger partial charge in [-0.25, -0.2) is 0 Å². The van der Waals surface area contributed by atoms with Gasteiger partial charge >= 0.3 is 0 Å². The van der Waals surface area contributed by atoms with Crippen molar-refractivity contribution in [1.82, 2.24) is 9.80 Å². The average molecular weight is 281 g/mol. The Morgan fingerprint density at radius 1 is 1.10 bits per heavy atom. The van der Waals surface area contributed by atoms with Crippen LogP contribution in [0.1, 0.15) is 52.4 Å². The lowest BCUT2D eigenvalue weighted by Crippen LogP contribution is -2.37. The molecule has 0 aromatic heterocycles. The normalized spacial score (nSPS) is 26.7. The Labute approximate surface area is 125 Å². The SMILES string of the molecule is CC(C)C(CCN)CCCN1CCCN2CCCC2C1. The van der Waals surface area contributed by atoms with E-state index in [0.29, 0.717) is 0 Å². The van der Waals surface area contributed by atoms with Crippen molar-refractivity contribution < 1.29 is 0 Å². The van der Waals surface area contributed by atoms with Crippen LogP contribution in [-0.4, -0.2) is 55.1 Å². The van der Waals surface area contributed by atoms with E-state index in [1.165, 1.54) is 71.2 Å². The molecule has 2 aliphatic heterocycles. The standard InChI is InChI=1S/C17H35N3/c1-15(2)16(8-9-18)6-3-10-19-11-5-13-20-12-4-7-17(20)14-19/h15-17H,3-14,18H2,1-2H3. The highest BCUT2D eigenvalue weighted by molar-refractivity contribution is 4.84. The lowest BCUT2D eigenvalue weighted by Gasteiger charge is -2.26. The van der Waals surface area contributed by atoms with Crippen molar-refractivity contribution in [2.24, 2.45) is 17.6 Å². The first-order valence-electron chi connectivity index (χ1n) is 8.87. The van der Waals surface area contributed by atoms with Gasteiger partial charge in [-0.05, 0) is 83.1 Å². The van der Waals surface area contributed by atoms with Gasteiger partial charge in [-0.2, -0.15) is 0 Å². The molecule has 0 saturated carbocycles. The molecule has 2 fully saturated rings. The van der Waals surface area contributed by atoms with E-state index in [1.54, 1.807) is 0 Å². The van der Waals surface area contributed by atoms with E-state index in [1.807, 2.05) is 0 Å². The Bertz CT molecular complexity index is 267. The zero-order valence-electron chi connectivity index (χ0n) is 13.7. The highest BCUT2D eigenvalue weighted by Gasteiger charge is 2.28. The molecule has 0 aromatic rings. The molecule has 0 aromatic carbocycles. The predicted molar refractivity (Wildman–Crippen MR) is 86.9 cm³/mol. The minimum absolute atomic E-state index is 0.785. The number of nitrogens with two attached hydrogens (primary N) is 1. The molecule has 3 nitrogen and oxygen atoms in total. The lowest BCUT2D eigenvalue weighted by molar-refractivity contribution is 0.211. The molecule has 3 heteroatoms. The minimum atomic E-state index is 0.785. The van der Waals surface area contributed by atoms with Crippen LogP contribution in [0.2, 0.25) is 0 Å². The van der Waals surface area contributed by atoms with E-state index < -0.39 is 0 Å². The van der Waals surface area contributed by atoms with Crippen molar-refractivity contribution >= 4 is 0 Å². The Morgan fingerprint density at radius 2 is 1.90 bits per heavy atom. The van der Waals surface area contributed by atoms with Crippen LogP contribution in [0.5, 0.6) is 0 Å². The first-order valence-corrected chi connectivity index (χ1v) is 8.87. The molecule has 2 aliphatic rings. The topological polar surface area (TPSA) is 32.5 Å². The summed E-state index contributed by atoms with van der Waals surface area (Å²) in [4.78, 5) is 5.46. The molecule has 0 radical (unpaired) electrons. The summed E-state index contributed by atoms with van der Waals surface area (Å²) in [7, 11) is 0. The fourth-order valence-electron chi connectivity index (χ4n) is 4.09. The second kappa shape index (κ2) is 8.35. The number of fused-ring (bicyclic) bond motifs is 1. The van der Waals surface area contributed by atoms with E-state index in [9.17, 15) is 0 Å². The lowest BCUT2D eigenvalue weighted by atomic mass is 9.88. The third kappa shape index (κ3) is 4.71. The van der Waals surface area contributed by atoms with Gasteiger partial charge in [0, 0.05) is 12.6 Å². The van der Waals surface area contributed by atoms with Gasteiger partial charge < -0.3 is 10.6 Å². The molecule has 2 saturated heterocycles. The van der Waals surface area contributed by atoms with Gasteiger partial charge in [0.1, 0.15) is 0 Å². The first-order chi connectivity index (χ1) is 9.70. The van der Waals surface area contributed by atoms with Gasteiger partial charge in [0.2, 0.25) is 0 Å². The summed E-state index contributed by atoms with van der Waals surface area (Å²) >= 11 is 0. The smallest absolute Gasteiger partial charge is 0.0223 e. The van der Waals surface area contributed by atoms with Gasteiger partial charge in [0.25, 0.3) is 0 Å². The molecule has 2 N–H and O–H groups in total. The molecule has 20 heavy (non-hydrogen) atoms. The first kappa shape index (κ1) is 16.3. The predicted octanol–water partition coefficient (Wildman–Crippen LogP) is 2.56. The summed E-state index contributed by atoms with van der Waals surface area (Å²) in [5.74, 6) is 1.61. The van der Waals surface area contributed by atoms with E-state index >= 15 is 0 Å². The largest absolute Gasteiger partial charge is 0.330 e. The van der Waals surface area contributed by atoms with Gasteiger partial charge in [0.15, 0.2) is 0 Å². The quantitative estimate of drug-likeness (QED) is 0.778. The van der Waals surface area contributed by atoms with Gasteiger partial charge in [0.05, 0.1) is 0 Å². The summed E-state index contributed by atoms with van der Waals surface area (Å²) in [6.07, 6.45) is 8.14. The summed E-state index contributed by atoms with van der Waals surface area (Å²) < 4.78 is 0. The van der Waals surface area contributed by atoms with Crippen LogP contribution in [-0.2, 0) is 0 Å². The summed E-state index contributed by atoms with van der Waals surface area (Å²) in [6, 6.07) is 0.863. The molecular formula is C17H35N3.